The van der Waals surface area contributed by atoms with Crippen LogP contribution in [-0.4, -0.2) is 29.7 Å². The predicted octanol–water partition coefficient (Wildman–Crippen LogP) is 3.17. The Morgan fingerprint density at radius 3 is 2.71 bits per heavy atom. The van der Waals surface area contributed by atoms with Crippen LogP contribution in [0.5, 0.6) is 0 Å². The minimum atomic E-state index is -2.99. The Labute approximate surface area is 136 Å². The fourth-order valence-electron chi connectivity index (χ4n) is 2.53. The highest BCUT2D eigenvalue weighted by Gasteiger charge is 2.32. The van der Waals surface area contributed by atoms with E-state index in [1.54, 1.807) is 10.7 Å². The first-order valence-electron chi connectivity index (χ1n) is 6.28. The van der Waals surface area contributed by atoms with E-state index < -0.39 is 9.84 Å². The summed E-state index contributed by atoms with van der Waals surface area (Å²) in [5.74, 6) is 0.734. The van der Waals surface area contributed by atoms with Crippen LogP contribution in [0.3, 0.4) is 0 Å². The van der Waals surface area contributed by atoms with Gasteiger partial charge in [0.2, 0.25) is 0 Å². The fourth-order valence-corrected chi connectivity index (χ4v) is 5.69. The molecule has 5 nitrogen and oxygen atoms in total. The van der Waals surface area contributed by atoms with Gasteiger partial charge in [0.1, 0.15) is 10.2 Å². The Morgan fingerprint density at radius 1 is 1.48 bits per heavy atom. The summed E-state index contributed by atoms with van der Waals surface area (Å²) < 4.78 is 26.0. The second kappa shape index (κ2) is 5.15. The first-order chi connectivity index (χ1) is 9.78. The number of anilines is 1. The van der Waals surface area contributed by atoms with Crippen molar-refractivity contribution >= 4 is 50.2 Å². The molecular formula is C12H13Cl2N3O2S2. The zero-order chi connectivity index (χ0) is 15.4. The number of halogens is 2. The molecule has 1 aliphatic rings. The molecule has 2 aromatic rings. The van der Waals surface area contributed by atoms with Crippen LogP contribution in [0.15, 0.2) is 6.07 Å². The number of sulfone groups is 1. The number of nitrogens with zero attached hydrogens (tertiary/aromatic N) is 2. The molecule has 1 unspecified atom stereocenters. The average Bonchev–Trinajstić information content (AvgIpc) is 2.99. The van der Waals surface area contributed by atoms with Crippen molar-refractivity contribution < 1.29 is 8.42 Å². The molecule has 1 aliphatic heterocycles. The quantitative estimate of drug-likeness (QED) is 0.886. The van der Waals surface area contributed by atoms with Gasteiger partial charge in [0.25, 0.3) is 0 Å². The monoisotopic (exact) mass is 365 g/mol. The summed E-state index contributed by atoms with van der Waals surface area (Å²) >= 11 is 13.4. The normalized spacial score (nSPS) is 21.0. The molecule has 0 aromatic carbocycles. The van der Waals surface area contributed by atoms with E-state index in [2.05, 4.69) is 5.10 Å². The number of nitrogens with two attached hydrogens (primary N) is 1. The van der Waals surface area contributed by atoms with E-state index in [0.717, 1.165) is 11.1 Å². The fraction of sp³-hybridized carbons (Fsp3) is 0.417. The van der Waals surface area contributed by atoms with E-state index in [4.69, 9.17) is 28.9 Å². The minimum Gasteiger partial charge on any atom is -0.384 e. The van der Waals surface area contributed by atoms with Crippen LogP contribution in [-0.2, 0) is 9.84 Å². The van der Waals surface area contributed by atoms with Crippen molar-refractivity contribution in [1.82, 2.24) is 9.78 Å². The van der Waals surface area contributed by atoms with Crippen LogP contribution in [0.25, 0.3) is 11.3 Å². The topological polar surface area (TPSA) is 78.0 Å². The van der Waals surface area contributed by atoms with Gasteiger partial charge in [-0.2, -0.15) is 5.10 Å². The number of thiophene rings is 1. The van der Waals surface area contributed by atoms with Crippen molar-refractivity contribution in [2.75, 3.05) is 17.2 Å². The average molecular weight is 366 g/mol. The van der Waals surface area contributed by atoms with Crippen molar-refractivity contribution in [3.05, 3.63) is 20.3 Å². The van der Waals surface area contributed by atoms with E-state index in [0.29, 0.717) is 26.6 Å². The molecule has 1 fully saturated rings. The van der Waals surface area contributed by atoms with Gasteiger partial charge in [-0.15, -0.1) is 11.3 Å². The highest BCUT2D eigenvalue weighted by Crippen LogP contribution is 2.40. The first-order valence-corrected chi connectivity index (χ1v) is 9.68. The predicted molar refractivity (Wildman–Crippen MR) is 87.0 cm³/mol. The largest absolute Gasteiger partial charge is 0.384 e. The molecule has 0 radical (unpaired) electrons. The van der Waals surface area contributed by atoms with Crippen molar-refractivity contribution in [1.29, 1.82) is 0 Å². The van der Waals surface area contributed by atoms with Gasteiger partial charge in [0.15, 0.2) is 9.84 Å². The number of aromatic nitrogens is 2. The molecule has 3 rings (SSSR count). The van der Waals surface area contributed by atoms with Crippen LogP contribution in [0, 0.1) is 6.92 Å². The Kier molecular flexibility index (Phi) is 3.72. The molecule has 21 heavy (non-hydrogen) atoms. The highest BCUT2D eigenvalue weighted by molar-refractivity contribution is 7.91. The maximum Gasteiger partial charge on any atom is 0.152 e. The minimum absolute atomic E-state index is 0.0793. The standard InChI is InChI=1S/C12H13Cl2N3O2S2/c1-6-10(8-4-9(13)20-11(8)14)16-17(12(6)15)7-2-3-21(18,19)5-7/h4,7H,2-3,5,15H2,1H3. The number of hydrogen-bond acceptors (Lipinski definition) is 5. The molecular weight excluding hydrogens is 353 g/mol. The number of nitrogen functional groups attached to an aromatic ring is 1. The van der Waals surface area contributed by atoms with Gasteiger partial charge in [-0.1, -0.05) is 23.2 Å². The van der Waals surface area contributed by atoms with Crippen molar-refractivity contribution in [2.24, 2.45) is 0 Å². The molecule has 0 aliphatic carbocycles. The molecule has 2 aromatic heterocycles. The third-order valence-corrected chi connectivity index (χ3v) is 6.90. The molecule has 0 saturated carbocycles. The third kappa shape index (κ3) is 2.67. The first kappa shape index (κ1) is 15.1. The van der Waals surface area contributed by atoms with Gasteiger partial charge >= 0.3 is 0 Å². The third-order valence-electron chi connectivity index (χ3n) is 3.66. The molecule has 0 amide bonds. The summed E-state index contributed by atoms with van der Waals surface area (Å²) in [4.78, 5) is 0. The molecule has 9 heteroatoms. The maximum absolute atomic E-state index is 11.6. The Hall–Kier alpha value is -0.760. The summed E-state index contributed by atoms with van der Waals surface area (Å²) in [6.07, 6.45) is 0.533. The summed E-state index contributed by atoms with van der Waals surface area (Å²) in [6, 6.07) is 1.54. The Morgan fingerprint density at radius 2 is 2.19 bits per heavy atom. The van der Waals surface area contributed by atoms with Crippen LogP contribution in [0.1, 0.15) is 18.0 Å². The van der Waals surface area contributed by atoms with Gasteiger partial charge in [-0.3, -0.25) is 0 Å². The van der Waals surface area contributed by atoms with Crippen LogP contribution >= 0.6 is 34.5 Å². The molecule has 2 N–H and O–H groups in total. The highest BCUT2D eigenvalue weighted by atomic mass is 35.5. The number of hydrogen-bond donors (Lipinski definition) is 1. The van der Waals surface area contributed by atoms with E-state index in [1.807, 2.05) is 6.92 Å². The summed E-state index contributed by atoms with van der Waals surface area (Å²) in [5, 5.41) is 4.49. The van der Waals surface area contributed by atoms with E-state index in [9.17, 15) is 8.42 Å². The Balaban J connectivity index is 2.06. The van der Waals surface area contributed by atoms with Crippen molar-refractivity contribution in [2.45, 2.75) is 19.4 Å². The molecule has 114 valence electrons. The van der Waals surface area contributed by atoms with Crippen LogP contribution < -0.4 is 5.73 Å². The Bertz CT molecular complexity index is 811. The van der Waals surface area contributed by atoms with Gasteiger partial charge in [0.05, 0.1) is 27.6 Å². The van der Waals surface area contributed by atoms with Gasteiger partial charge in [-0.05, 0) is 19.4 Å². The molecule has 0 spiro atoms. The molecule has 3 heterocycles. The van der Waals surface area contributed by atoms with Crippen molar-refractivity contribution in [3.8, 4) is 11.3 Å². The van der Waals surface area contributed by atoms with Crippen LogP contribution in [0.4, 0.5) is 5.82 Å². The zero-order valence-corrected chi connectivity index (χ0v) is 14.3. The summed E-state index contributed by atoms with van der Waals surface area (Å²) in [5.41, 5.74) is 8.28. The van der Waals surface area contributed by atoms with Crippen LogP contribution in [0.2, 0.25) is 8.67 Å². The zero-order valence-electron chi connectivity index (χ0n) is 11.1. The van der Waals surface area contributed by atoms with E-state index in [-0.39, 0.29) is 17.5 Å². The lowest BCUT2D eigenvalue weighted by Crippen LogP contribution is -2.14. The molecule has 1 atom stereocenters. The van der Waals surface area contributed by atoms with E-state index in [1.165, 1.54) is 11.3 Å². The summed E-state index contributed by atoms with van der Waals surface area (Å²) in [6.45, 7) is 1.85. The smallest absolute Gasteiger partial charge is 0.152 e. The lowest BCUT2D eigenvalue weighted by Gasteiger charge is -2.10. The molecule has 0 bridgehead atoms. The second-order valence-electron chi connectivity index (χ2n) is 5.10. The molecule has 1 saturated heterocycles. The maximum atomic E-state index is 11.6. The number of rotatable bonds is 2. The van der Waals surface area contributed by atoms with Crippen molar-refractivity contribution in [3.63, 3.8) is 0 Å². The van der Waals surface area contributed by atoms with E-state index >= 15 is 0 Å². The van der Waals surface area contributed by atoms with Gasteiger partial charge in [0, 0.05) is 11.1 Å². The van der Waals surface area contributed by atoms with Gasteiger partial charge < -0.3 is 5.73 Å². The lowest BCUT2D eigenvalue weighted by atomic mass is 10.1. The second-order valence-corrected chi connectivity index (χ2v) is 9.61. The summed E-state index contributed by atoms with van der Waals surface area (Å²) in [7, 11) is -2.99. The SMILES string of the molecule is Cc1c(-c2cc(Cl)sc2Cl)nn(C2CCS(=O)(=O)C2)c1N. The lowest BCUT2D eigenvalue weighted by molar-refractivity contribution is 0.508. The van der Waals surface area contributed by atoms with Gasteiger partial charge in [-0.25, -0.2) is 13.1 Å².